The first kappa shape index (κ1) is 24.3. The van der Waals surface area contributed by atoms with Gasteiger partial charge in [0.1, 0.15) is 11.5 Å². The predicted octanol–water partition coefficient (Wildman–Crippen LogP) is 4.48. The summed E-state index contributed by atoms with van der Waals surface area (Å²) in [6, 6.07) is 18.4. The highest BCUT2D eigenvalue weighted by molar-refractivity contribution is 5.95. The number of nitrogens with one attached hydrogen (secondary N) is 1. The predicted molar refractivity (Wildman–Crippen MR) is 128 cm³/mol. The van der Waals surface area contributed by atoms with E-state index in [1.54, 1.807) is 66.7 Å². The third-order valence-electron chi connectivity index (χ3n) is 4.58. The number of hydrogen-bond acceptors (Lipinski definition) is 7. The molecule has 3 aromatic rings. The summed E-state index contributed by atoms with van der Waals surface area (Å²) in [7, 11) is 1.53. The summed E-state index contributed by atoms with van der Waals surface area (Å²) < 4.78 is 21.7. The van der Waals surface area contributed by atoms with Crippen LogP contribution in [0, 0.1) is 0 Å². The fourth-order valence-electron chi connectivity index (χ4n) is 2.96. The number of hydrogen-bond donors (Lipinski definition) is 1. The Labute approximate surface area is 198 Å². The largest absolute Gasteiger partial charge is 0.497 e. The van der Waals surface area contributed by atoms with Crippen LogP contribution in [-0.4, -0.2) is 38.4 Å². The van der Waals surface area contributed by atoms with Crippen LogP contribution in [0.1, 0.15) is 40.1 Å². The maximum atomic E-state index is 12.6. The highest BCUT2D eigenvalue weighted by atomic mass is 16.6. The molecular weight excluding hydrogens is 436 g/mol. The van der Waals surface area contributed by atoms with Crippen LogP contribution < -0.4 is 24.4 Å². The molecule has 176 valence electrons. The lowest BCUT2D eigenvalue weighted by Crippen LogP contribution is -2.17. The molecular formula is C26H26N2O6. The molecule has 0 fully saturated rings. The van der Waals surface area contributed by atoms with E-state index in [0.717, 1.165) is 0 Å². The van der Waals surface area contributed by atoms with Crippen molar-refractivity contribution in [2.75, 3.05) is 20.3 Å². The molecule has 0 atom stereocenters. The summed E-state index contributed by atoms with van der Waals surface area (Å²) in [6.45, 7) is 4.64. The SMILES string of the molecule is CCOc1ccc(C(=O)Oc2ccc(/C=N\NC(=O)c3cccc(OC)c3)cc2OCC)cc1. The number of amides is 1. The van der Waals surface area contributed by atoms with E-state index in [-0.39, 0.29) is 11.7 Å². The maximum absolute atomic E-state index is 12.6. The van der Waals surface area contributed by atoms with E-state index in [9.17, 15) is 9.59 Å². The van der Waals surface area contributed by atoms with Gasteiger partial charge in [-0.15, -0.1) is 0 Å². The number of rotatable bonds is 10. The number of benzene rings is 3. The lowest BCUT2D eigenvalue weighted by atomic mass is 10.2. The third kappa shape index (κ3) is 6.59. The van der Waals surface area contributed by atoms with Crippen molar-refractivity contribution < 1.29 is 28.5 Å². The van der Waals surface area contributed by atoms with Crippen LogP contribution in [0.15, 0.2) is 71.8 Å². The molecule has 3 rings (SSSR count). The van der Waals surface area contributed by atoms with Gasteiger partial charge in [-0.2, -0.15) is 5.10 Å². The molecule has 0 heterocycles. The van der Waals surface area contributed by atoms with Gasteiger partial charge in [-0.25, -0.2) is 10.2 Å². The molecule has 8 heteroatoms. The molecule has 0 aromatic heterocycles. The van der Waals surface area contributed by atoms with Gasteiger partial charge in [0.25, 0.3) is 5.91 Å². The molecule has 1 amide bonds. The Balaban J connectivity index is 1.68. The average molecular weight is 463 g/mol. The van der Waals surface area contributed by atoms with Gasteiger partial charge < -0.3 is 18.9 Å². The van der Waals surface area contributed by atoms with E-state index in [2.05, 4.69) is 10.5 Å². The zero-order valence-electron chi connectivity index (χ0n) is 19.2. The number of nitrogens with zero attached hydrogens (tertiary/aromatic N) is 1. The maximum Gasteiger partial charge on any atom is 0.343 e. The molecule has 0 saturated carbocycles. The first-order chi connectivity index (χ1) is 16.5. The third-order valence-corrected chi connectivity index (χ3v) is 4.58. The van der Waals surface area contributed by atoms with E-state index >= 15 is 0 Å². The number of methoxy groups -OCH3 is 1. The van der Waals surface area contributed by atoms with Gasteiger partial charge in [0.2, 0.25) is 0 Å². The van der Waals surface area contributed by atoms with Crippen LogP contribution in [0.2, 0.25) is 0 Å². The minimum Gasteiger partial charge on any atom is -0.497 e. The van der Waals surface area contributed by atoms with Crippen molar-refractivity contribution in [1.29, 1.82) is 0 Å². The smallest absolute Gasteiger partial charge is 0.343 e. The lowest BCUT2D eigenvalue weighted by Gasteiger charge is -2.11. The second kappa shape index (κ2) is 12.1. The van der Waals surface area contributed by atoms with Crippen molar-refractivity contribution in [3.63, 3.8) is 0 Å². The quantitative estimate of drug-likeness (QED) is 0.207. The highest BCUT2D eigenvalue weighted by Gasteiger charge is 2.13. The van der Waals surface area contributed by atoms with Crippen LogP contribution in [0.3, 0.4) is 0 Å². The van der Waals surface area contributed by atoms with E-state index in [4.69, 9.17) is 18.9 Å². The molecule has 0 unspecified atom stereocenters. The summed E-state index contributed by atoms with van der Waals surface area (Å²) >= 11 is 0. The fourth-order valence-corrected chi connectivity index (χ4v) is 2.96. The van der Waals surface area contributed by atoms with Crippen molar-refractivity contribution in [1.82, 2.24) is 5.43 Å². The lowest BCUT2D eigenvalue weighted by molar-refractivity contribution is 0.0728. The number of hydrazone groups is 1. The van der Waals surface area contributed by atoms with Gasteiger partial charge in [0.15, 0.2) is 11.5 Å². The van der Waals surface area contributed by atoms with Gasteiger partial charge >= 0.3 is 5.97 Å². The van der Waals surface area contributed by atoms with Gasteiger partial charge in [-0.05, 0) is 80.1 Å². The second-order valence-corrected chi connectivity index (χ2v) is 6.92. The Morgan fingerprint density at radius 3 is 2.32 bits per heavy atom. The Bertz CT molecular complexity index is 1160. The van der Waals surface area contributed by atoms with Crippen molar-refractivity contribution in [3.8, 4) is 23.0 Å². The fraction of sp³-hybridized carbons (Fsp3) is 0.192. The average Bonchev–Trinajstić information content (AvgIpc) is 2.86. The first-order valence-corrected chi connectivity index (χ1v) is 10.7. The van der Waals surface area contributed by atoms with Gasteiger partial charge in [-0.1, -0.05) is 6.07 Å². The Morgan fingerprint density at radius 2 is 1.62 bits per heavy atom. The topological polar surface area (TPSA) is 95.5 Å². The highest BCUT2D eigenvalue weighted by Crippen LogP contribution is 2.29. The van der Waals surface area contributed by atoms with Crippen molar-refractivity contribution >= 4 is 18.1 Å². The molecule has 3 aromatic carbocycles. The number of esters is 1. The molecule has 0 saturated heterocycles. The zero-order valence-corrected chi connectivity index (χ0v) is 19.2. The van der Waals surface area contributed by atoms with Gasteiger partial charge in [0.05, 0.1) is 32.1 Å². The minimum absolute atomic E-state index is 0.276. The Kier molecular flexibility index (Phi) is 8.62. The summed E-state index contributed by atoms with van der Waals surface area (Å²) in [6.07, 6.45) is 1.47. The number of ether oxygens (including phenoxy) is 4. The normalized spacial score (nSPS) is 10.6. The van der Waals surface area contributed by atoms with E-state index < -0.39 is 5.97 Å². The zero-order chi connectivity index (χ0) is 24.3. The van der Waals surface area contributed by atoms with E-state index in [0.29, 0.717) is 47.2 Å². The standard InChI is InChI=1S/C26H26N2O6/c1-4-32-21-12-10-19(11-13-21)26(30)34-23-14-9-18(15-24(23)33-5-2)17-27-28-25(29)20-7-6-8-22(16-20)31-3/h6-17H,4-5H2,1-3H3,(H,28,29)/b27-17-. The molecule has 0 aliphatic carbocycles. The van der Waals surface area contributed by atoms with Crippen molar-refractivity contribution in [2.45, 2.75) is 13.8 Å². The van der Waals surface area contributed by atoms with Gasteiger partial charge in [0, 0.05) is 5.56 Å². The molecule has 0 spiro atoms. The molecule has 34 heavy (non-hydrogen) atoms. The monoisotopic (exact) mass is 462 g/mol. The molecule has 0 aliphatic heterocycles. The minimum atomic E-state index is -0.518. The number of carbonyl (C=O) groups is 2. The van der Waals surface area contributed by atoms with Crippen molar-refractivity contribution in [2.24, 2.45) is 5.10 Å². The van der Waals surface area contributed by atoms with Crippen LogP contribution >= 0.6 is 0 Å². The molecule has 0 aliphatic rings. The van der Waals surface area contributed by atoms with Crippen LogP contribution in [-0.2, 0) is 0 Å². The first-order valence-electron chi connectivity index (χ1n) is 10.7. The van der Waals surface area contributed by atoms with E-state index in [1.165, 1.54) is 13.3 Å². The summed E-state index contributed by atoms with van der Waals surface area (Å²) in [5.74, 6) is 1.02. The molecule has 8 nitrogen and oxygen atoms in total. The molecule has 0 radical (unpaired) electrons. The van der Waals surface area contributed by atoms with Crippen LogP contribution in [0.25, 0.3) is 0 Å². The van der Waals surface area contributed by atoms with Crippen molar-refractivity contribution in [3.05, 3.63) is 83.4 Å². The van der Waals surface area contributed by atoms with Crippen LogP contribution in [0.5, 0.6) is 23.0 Å². The summed E-state index contributed by atoms with van der Waals surface area (Å²) in [5, 5.41) is 4.00. The van der Waals surface area contributed by atoms with E-state index in [1.807, 2.05) is 13.8 Å². The second-order valence-electron chi connectivity index (χ2n) is 6.92. The summed E-state index contributed by atoms with van der Waals surface area (Å²) in [4.78, 5) is 24.8. The molecule has 0 bridgehead atoms. The number of carbonyl (C=O) groups excluding carboxylic acids is 2. The molecule has 1 N–H and O–H groups in total. The summed E-state index contributed by atoms with van der Waals surface area (Å²) in [5.41, 5.74) is 3.92. The van der Waals surface area contributed by atoms with Crippen LogP contribution in [0.4, 0.5) is 0 Å². The van der Waals surface area contributed by atoms with Gasteiger partial charge in [-0.3, -0.25) is 4.79 Å². The Morgan fingerprint density at radius 1 is 0.853 bits per heavy atom. The Hall–Kier alpha value is -4.33.